The van der Waals surface area contributed by atoms with Gasteiger partial charge in [0.25, 0.3) is 0 Å². The minimum atomic E-state index is 0.143. The van der Waals surface area contributed by atoms with Crippen LogP contribution < -0.4 is 0 Å². The highest BCUT2D eigenvalue weighted by atomic mass is 16.6. The molecule has 2 fully saturated rings. The zero-order valence-electron chi connectivity index (χ0n) is 10.9. The van der Waals surface area contributed by atoms with Gasteiger partial charge in [-0.3, -0.25) is 0 Å². The highest BCUT2D eigenvalue weighted by molar-refractivity contribution is 4.74. The summed E-state index contributed by atoms with van der Waals surface area (Å²) >= 11 is 0. The molecule has 2 heterocycles. The van der Waals surface area contributed by atoms with Crippen molar-refractivity contribution >= 4 is 0 Å². The molecule has 4 heteroatoms. The lowest BCUT2D eigenvalue weighted by atomic mass is 10.1. The number of unbranched alkanes of at least 4 members (excludes halogenated alkanes) is 1. The second kappa shape index (κ2) is 6.69. The highest BCUT2D eigenvalue weighted by Gasteiger charge is 2.28. The minimum Gasteiger partial charge on any atom is -0.373 e. The maximum absolute atomic E-state index is 5.89. The van der Waals surface area contributed by atoms with Gasteiger partial charge in [-0.25, -0.2) is 0 Å². The van der Waals surface area contributed by atoms with E-state index in [1.165, 1.54) is 12.8 Å². The van der Waals surface area contributed by atoms with Crippen molar-refractivity contribution in [1.29, 1.82) is 0 Å². The molecule has 2 rings (SSSR count). The van der Waals surface area contributed by atoms with Crippen molar-refractivity contribution in [3.8, 4) is 0 Å². The summed E-state index contributed by atoms with van der Waals surface area (Å²) in [5, 5.41) is 0. The van der Waals surface area contributed by atoms with E-state index in [2.05, 4.69) is 13.8 Å². The lowest BCUT2D eigenvalue weighted by Gasteiger charge is -2.24. The van der Waals surface area contributed by atoms with E-state index in [-0.39, 0.29) is 12.2 Å². The molecule has 0 saturated carbocycles. The first-order valence-electron chi connectivity index (χ1n) is 6.76. The highest BCUT2D eigenvalue weighted by Crippen LogP contribution is 2.18. The van der Waals surface area contributed by atoms with E-state index in [9.17, 15) is 0 Å². The molecule has 4 unspecified atom stereocenters. The minimum absolute atomic E-state index is 0.143. The molecule has 2 saturated heterocycles. The molecular formula is C13H24O4. The second-order valence-electron chi connectivity index (χ2n) is 4.96. The van der Waals surface area contributed by atoms with E-state index in [1.807, 2.05) is 0 Å². The van der Waals surface area contributed by atoms with Crippen LogP contribution in [0, 0.1) is 0 Å². The van der Waals surface area contributed by atoms with Crippen molar-refractivity contribution in [2.75, 3.05) is 26.4 Å². The van der Waals surface area contributed by atoms with Gasteiger partial charge >= 0.3 is 0 Å². The predicted molar refractivity (Wildman–Crippen MR) is 64.2 cm³/mol. The van der Waals surface area contributed by atoms with Crippen LogP contribution >= 0.6 is 0 Å². The number of rotatable bonds is 10. The lowest BCUT2D eigenvalue weighted by Crippen LogP contribution is -2.31. The average Bonchev–Trinajstić information content (AvgIpc) is 3.19. The van der Waals surface area contributed by atoms with Crippen molar-refractivity contribution < 1.29 is 18.9 Å². The first-order chi connectivity index (χ1) is 8.29. The van der Waals surface area contributed by atoms with Crippen molar-refractivity contribution in [1.82, 2.24) is 0 Å². The molecule has 0 aromatic heterocycles. The molecule has 0 amide bonds. The quantitative estimate of drug-likeness (QED) is 0.549. The molecule has 17 heavy (non-hydrogen) atoms. The van der Waals surface area contributed by atoms with Crippen molar-refractivity contribution in [3.05, 3.63) is 0 Å². The molecule has 0 bridgehead atoms. The Morgan fingerprint density at radius 3 is 2.24 bits per heavy atom. The van der Waals surface area contributed by atoms with Gasteiger partial charge in [0.05, 0.1) is 38.6 Å². The van der Waals surface area contributed by atoms with Crippen molar-refractivity contribution in [3.63, 3.8) is 0 Å². The summed E-state index contributed by atoms with van der Waals surface area (Å²) in [4.78, 5) is 0. The Bertz CT molecular complexity index is 213. The summed E-state index contributed by atoms with van der Waals surface area (Å²) in [5.41, 5.74) is 0. The SMILES string of the molecule is CCCCC(OCC1CO1)C(C)OCC1CO1. The molecule has 0 aromatic carbocycles. The topological polar surface area (TPSA) is 43.5 Å². The average molecular weight is 244 g/mol. The van der Waals surface area contributed by atoms with Crippen LogP contribution in [0.1, 0.15) is 33.1 Å². The summed E-state index contributed by atoms with van der Waals surface area (Å²) in [5.74, 6) is 0. The normalized spacial score (nSPS) is 30.0. The number of ether oxygens (including phenoxy) is 4. The van der Waals surface area contributed by atoms with Gasteiger partial charge in [0.2, 0.25) is 0 Å². The van der Waals surface area contributed by atoms with E-state index in [1.54, 1.807) is 0 Å². The summed E-state index contributed by atoms with van der Waals surface area (Å²) < 4.78 is 22.0. The maximum Gasteiger partial charge on any atom is 0.104 e. The molecule has 4 atom stereocenters. The van der Waals surface area contributed by atoms with Gasteiger partial charge in [0.15, 0.2) is 0 Å². The Labute approximate surface area is 104 Å². The number of epoxide rings is 2. The first kappa shape index (κ1) is 13.3. The van der Waals surface area contributed by atoms with Gasteiger partial charge in [-0.05, 0) is 13.3 Å². The predicted octanol–water partition coefficient (Wildman–Crippen LogP) is 1.76. The van der Waals surface area contributed by atoms with E-state index in [0.717, 1.165) is 19.6 Å². The molecule has 100 valence electrons. The Morgan fingerprint density at radius 2 is 1.71 bits per heavy atom. The molecule has 2 aliphatic rings. The maximum atomic E-state index is 5.89. The number of hydrogen-bond acceptors (Lipinski definition) is 4. The zero-order chi connectivity index (χ0) is 12.1. The van der Waals surface area contributed by atoms with Crippen LogP contribution in [0.3, 0.4) is 0 Å². The van der Waals surface area contributed by atoms with E-state index in [4.69, 9.17) is 18.9 Å². The Balaban J connectivity index is 1.65. The van der Waals surface area contributed by atoms with Gasteiger partial charge in [0, 0.05) is 0 Å². The lowest BCUT2D eigenvalue weighted by molar-refractivity contribution is -0.0744. The van der Waals surface area contributed by atoms with Crippen LogP contribution in [0.5, 0.6) is 0 Å². The number of hydrogen-bond donors (Lipinski definition) is 0. The van der Waals surface area contributed by atoms with E-state index in [0.29, 0.717) is 25.4 Å². The van der Waals surface area contributed by atoms with Crippen LogP contribution in [0.4, 0.5) is 0 Å². The molecule has 2 aliphatic heterocycles. The van der Waals surface area contributed by atoms with Crippen LogP contribution in [0.15, 0.2) is 0 Å². The van der Waals surface area contributed by atoms with Gasteiger partial charge in [-0.1, -0.05) is 19.8 Å². The Hall–Kier alpha value is -0.160. The van der Waals surface area contributed by atoms with E-state index >= 15 is 0 Å². The summed E-state index contributed by atoms with van der Waals surface area (Å²) in [6, 6.07) is 0. The van der Waals surface area contributed by atoms with Crippen LogP contribution in [-0.4, -0.2) is 50.8 Å². The van der Waals surface area contributed by atoms with Crippen LogP contribution in [0.2, 0.25) is 0 Å². The fraction of sp³-hybridized carbons (Fsp3) is 1.00. The standard InChI is InChI=1S/C13H24O4/c1-3-4-5-13(17-9-12-8-16-12)10(2)14-6-11-7-15-11/h10-13H,3-9H2,1-2H3. The monoisotopic (exact) mass is 244 g/mol. The van der Waals surface area contributed by atoms with Crippen LogP contribution in [0.25, 0.3) is 0 Å². The second-order valence-corrected chi connectivity index (χ2v) is 4.96. The fourth-order valence-electron chi connectivity index (χ4n) is 1.78. The molecule has 0 radical (unpaired) electrons. The van der Waals surface area contributed by atoms with Gasteiger partial charge in [0.1, 0.15) is 12.2 Å². The van der Waals surface area contributed by atoms with Crippen molar-refractivity contribution in [2.45, 2.75) is 57.5 Å². The summed E-state index contributed by atoms with van der Waals surface area (Å²) in [6.07, 6.45) is 4.44. The van der Waals surface area contributed by atoms with Crippen LogP contribution in [-0.2, 0) is 18.9 Å². The molecule has 0 spiro atoms. The van der Waals surface area contributed by atoms with Gasteiger partial charge in [-0.15, -0.1) is 0 Å². The Morgan fingerprint density at radius 1 is 1.12 bits per heavy atom. The first-order valence-corrected chi connectivity index (χ1v) is 6.76. The van der Waals surface area contributed by atoms with Gasteiger partial charge in [-0.2, -0.15) is 0 Å². The summed E-state index contributed by atoms with van der Waals surface area (Å²) in [7, 11) is 0. The fourth-order valence-corrected chi connectivity index (χ4v) is 1.78. The molecule has 0 aliphatic carbocycles. The third kappa shape index (κ3) is 5.34. The molecular weight excluding hydrogens is 220 g/mol. The van der Waals surface area contributed by atoms with Gasteiger partial charge < -0.3 is 18.9 Å². The third-order valence-electron chi connectivity index (χ3n) is 3.21. The van der Waals surface area contributed by atoms with E-state index < -0.39 is 0 Å². The Kier molecular flexibility index (Phi) is 5.22. The smallest absolute Gasteiger partial charge is 0.104 e. The zero-order valence-corrected chi connectivity index (χ0v) is 10.9. The van der Waals surface area contributed by atoms with Crippen molar-refractivity contribution in [2.24, 2.45) is 0 Å². The largest absolute Gasteiger partial charge is 0.373 e. The molecule has 0 N–H and O–H groups in total. The third-order valence-corrected chi connectivity index (χ3v) is 3.21. The molecule has 0 aromatic rings. The molecule has 4 nitrogen and oxygen atoms in total. The summed E-state index contributed by atoms with van der Waals surface area (Å²) in [6.45, 7) is 7.41.